The number of nitrogens with zero attached hydrogens (tertiary/aromatic N) is 2. The van der Waals surface area contributed by atoms with Gasteiger partial charge in [-0.3, -0.25) is 0 Å². The third-order valence-corrected chi connectivity index (χ3v) is 3.15. The number of para-hydroxylation sites is 2. The lowest BCUT2D eigenvalue weighted by Gasteiger charge is -2.06. The molecular formula is C15H16BrN3. The van der Waals surface area contributed by atoms with Crippen molar-refractivity contribution in [1.29, 1.82) is 0 Å². The molecule has 0 saturated heterocycles. The Bertz CT molecular complexity index is 661. The number of benzene rings is 2. The van der Waals surface area contributed by atoms with Crippen LogP contribution in [0.3, 0.4) is 0 Å². The summed E-state index contributed by atoms with van der Waals surface area (Å²) in [7, 11) is 0. The van der Waals surface area contributed by atoms with Crippen LogP contribution in [0.5, 0.6) is 0 Å². The number of halogens is 1. The first-order valence-electron chi connectivity index (χ1n) is 6.09. The van der Waals surface area contributed by atoms with Crippen molar-refractivity contribution in [3.63, 3.8) is 0 Å². The number of rotatable bonds is 3. The van der Waals surface area contributed by atoms with Crippen LogP contribution in [-0.2, 0) is 13.0 Å². The minimum atomic E-state index is 0. The largest absolute Gasteiger partial charge is 0.369 e. The van der Waals surface area contributed by atoms with Crippen LogP contribution in [0.25, 0.3) is 11.0 Å². The van der Waals surface area contributed by atoms with E-state index in [0.717, 1.165) is 24.0 Å². The molecule has 98 valence electrons. The first-order chi connectivity index (χ1) is 8.84. The number of anilines is 1. The zero-order valence-corrected chi connectivity index (χ0v) is 12.2. The highest BCUT2D eigenvalue weighted by Crippen LogP contribution is 2.17. The number of aromatic nitrogens is 2. The fourth-order valence-electron chi connectivity index (χ4n) is 2.21. The Kier molecular flexibility index (Phi) is 4.22. The van der Waals surface area contributed by atoms with Crippen LogP contribution < -0.4 is 5.73 Å². The van der Waals surface area contributed by atoms with E-state index in [1.165, 1.54) is 5.56 Å². The van der Waals surface area contributed by atoms with Gasteiger partial charge in [-0.05, 0) is 24.1 Å². The quantitative estimate of drug-likeness (QED) is 0.804. The molecule has 3 aromatic rings. The van der Waals surface area contributed by atoms with Gasteiger partial charge in [0.1, 0.15) is 0 Å². The number of fused-ring (bicyclic) bond motifs is 1. The van der Waals surface area contributed by atoms with E-state index in [4.69, 9.17) is 5.73 Å². The number of nitrogen functional groups attached to an aromatic ring is 1. The second-order valence-electron chi connectivity index (χ2n) is 4.35. The maximum Gasteiger partial charge on any atom is 0.201 e. The first-order valence-corrected chi connectivity index (χ1v) is 6.09. The Morgan fingerprint density at radius 2 is 1.63 bits per heavy atom. The van der Waals surface area contributed by atoms with Crippen molar-refractivity contribution in [2.45, 2.75) is 13.0 Å². The number of hydrogen-bond acceptors (Lipinski definition) is 2. The van der Waals surface area contributed by atoms with Crippen LogP contribution in [0.15, 0.2) is 54.6 Å². The highest BCUT2D eigenvalue weighted by atomic mass is 79.9. The molecule has 4 heteroatoms. The number of aryl methyl sites for hydroxylation is 2. The molecule has 0 aliphatic rings. The third kappa shape index (κ3) is 2.79. The van der Waals surface area contributed by atoms with Gasteiger partial charge in [-0.25, -0.2) is 4.98 Å². The Morgan fingerprint density at radius 1 is 0.947 bits per heavy atom. The maximum atomic E-state index is 5.97. The van der Waals surface area contributed by atoms with Gasteiger partial charge in [0, 0.05) is 6.54 Å². The fraction of sp³-hybridized carbons (Fsp3) is 0.133. The number of hydrogen-bond donors (Lipinski definition) is 1. The summed E-state index contributed by atoms with van der Waals surface area (Å²) < 4.78 is 2.07. The van der Waals surface area contributed by atoms with Crippen LogP contribution in [-0.4, -0.2) is 9.55 Å². The van der Waals surface area contributed by atoms with E-state index >= 15 is 0 Å². The molecule has 2 aromatic carbocycles. The van der Waals surface area contributed by atoms with Crippen molar-refractivity contribution < 1.29 is 0 Å². The average Bonchev–Trinajstić information content (AvgIpc) is 2.73. The van der Waals surface area contributed by atoms with Gasteiger partial charge in [-0.15, -0.1) is 17.0 Å². The summed E-state index contributed by atoms with van der Waals surface area (Å²) in [6.07, 6.45) is 0.964. The van der Waals surface area contributed by atoms with E-state index in [9.17, 15) is 0 Å². The summed E-state index contributed by atoms with van der Waals surface area (Å²) in [5, 5.41) is 0. The summed E-state index contributed by atoms with van der Waals surface area (Å²) in [6.45, 7) is 0.858. The Balaban J connectivity index is 0.00000133. The molecular weight excluding hydrogens is 302 g/mol. The summed E-state index contributed by atoms with van der Waals surface area (Å²) >= 11 is 0. The minimum Gasteiger partial charge on any atom is -0.369 e. The zero-order chi connectivity index (χ0) is 12.4. The minimum absolute atomic E-state index is 0. The van der Waals surface area contributed by atoms with E-state index < -0.39 is 0 Å². The van der Waals surface area contributed by atoms with Crippen molar-refractivity contribution in [2.75, 3.05) is 5.73 Å². The predicted molar refractivity (Wildman–Crippen MR) is 84.6 cm³/mol. The van der Waals surface area contributed by atoms with Crippen molar-refractivity contribution in [2.24, 2.45) is 0 Å². The molecule has 2 N–H and O–H groups in total. The Morgan fingerprint density at radius 3 is 2.42 bits per heavy atom. The van der Waals surface area contributed by atoms with E-state index in [1.807, 2.05) is 24.3 Å². The van der Waals surface area contributed by atoms with Crippen molar-refractivity contribution in [3.05, 3.63) is 60.2 Å². The molecule has 1 aromatic heterocycles. The fourth-order valence-corrected chi connectivity index (χ4v) is 2.21. The predicted octanol–water partition coefficient (Wildman–Crippen LogP) is 3.44. The molecule has 0 spiro atoms. The third-order valence-electron chi connectivity index (χ3n) is 3.15. The molecule has 0 unspecified atom stereocenters. The van der Waals surface area contributed by atoms with Gasteiger partial charge < -0.3 is 10.3 Å². The van der Waals surface area contributed by atoms with Crippen molar-refractivity contribution >= 4 is 34.0 Å². The second kappa shape index (κ2) is 5.89. The van der Waals surface area contributed by atoms with Crippen LogP contribution in [0.4, 0.5) is 5.95 Å². The van der Waals surface area contributed by atoms with E-state index in [0.29, 0.717) is 5.95 Å². The van der Waals surface area contributed by atoms with Gasteiger partial charge in [-0.1, -0.05) is 42.5 Å². The summed E-state index contributed by atoms with van der Waals surface area (Å²) in [5.41, 5.74) is 9.35. The van der Waals surface area contributed by atoms with Gasteiger partial charge >= 0.3 is 0 Å². The van der Waals surface area contributed by atoms with Gasteiger partial charge in [0.25, 0.3) is 0 Å². The average molecular weight is 318 g/mol. The van der Waals surface area contributed by atoms with Crippen LogP contribution in [0, 0.1) is 0 Å². The summed E-state index contributed by atoms with van der Waals surface area (Å²) in [5.74, 6) is 0.590. The molecule has 0 aliphatic heterocycles. The lowest BCUT2D eigenvalue weighted by Crippen LogP contribution is -2.05. The second-order valence-corrected chi connectivity index (χ2v) is 4.35. The monoisotopic (exact) mass is 317 g/mol. The number of nitrogens with two attached hydrogens (primary N) is 1. The molecule has 0 aliphatic carbocycles. The van der Waals surface area contributed by atoms with Crippen molar-refractivity contribution in [1.82, 2.24) is 9.55 Å². The summed E-state index contributed by atoms with van der Waals surface area (Å²) in [6, 6.07) is 18.5. The molecule has 0 radical (unpaired) electrons. The van der Waals surface area contributed by atoms with Gasteiger partial charge in [0.15, 0.2) is 0 Å². The van der Waals surface area contributed by atoms with Gasteiger partial charge in [0.05, 0.1) is 11.0 Å². The smallest absolute Gasteiger partial charge is 0.201 e. The Hall–Kier alpha value is -1.81. The molecule has 0 bridgehead atoms. The highest BCUT2D eigenvalue weighted by molar-refractivity contribution is 8.93. The van der Waals surface area contributed by atoms with Crippen LogP contribution >= 0.6 is 17.0 Å². The van der Waals surface area contributed by atoms with E-state index in [1.54, 1.807) is 0 Å². The van der Waals surface area contributed by atoms with Gasteiger partial charge in [0.2, 0.25) is 5.95 Å². The molecule has 1 heterocycles. The van der Waals surface area contributed by atoms with Crippen LogP contribution in [0.1, 0.15) is 5.56 Å². The molecule has 0 amide bonds. The molecule has 0 saturated carbocycles. The highest BCUT2D eigenvalue weighted by Gasteiger charge is 2.06. The van der Waals surface area contributed by atoms with E-state index in [-0.39, 0.29) is 17.0 Å². The lowest BCUT2D eigenvalue weighted by molar-refractivity contribution is 0.726. The first kappa shape index (κ1) is 13.6. The van der Waals surface area contributed by atoms with Crippen LogP contribution in [0.2, 0.25) is 0 Å². The molecule has 3 rings (SSSR count). The topological polar surface area (TPSA) is 43.8 Å². The zero-order valence-electron chi connectivity index (χ0n) is 10.5. The Labute approximate surface area is 122 Å². The van der Waals surface area contributed by atoms with E-state index in [2.05, 4.69) is 39.9 Å². The molecule has 19 heavy (non-hydrogen) atoms. The standard InChI is InChI=1S/C15H15N3.BrH/c16-15-17-13-8-4-5-9-14(13)18(15)11-10-12-6-2-1-3-7-12;/h1-9H,10-11H2,(H2,16,17);1H. The maximum absolute atomic E-state index is 5.97. The normalized spacial score (nSPS) is 10.3. The van der Waals surface area contributed by atoms with Crippen molar-refractivity contribution in [3.8, 4) is 0 Å². The summed E-state index contributed by atoms with van der Waals surface area (Å²) in [4.78, 5) is 4.37. The van der Waals surface area contributed by atoms with Gasteiger partial charge in [-0.2, -0.15) is 0 Å². The SMILES string of the molecule is Br.Nc1nc2ccccc2n1CCc1ccccc1. The lowest BCUT2D eigenvalue weighted by atomic mass is 10.1. The molecule has 0 fully saturated rings. The number of imidazole rings is 1. The molecule has 3 nitrogen and oxygen atoms in total. The molecule has 0 atom stereocenters.